The molecule has 0 unspecified atom stereocenters. The molecule has 0 spiro atoms. The summed E-state index contributed by atoms with van der Waals surface area (Å²) in [6, 6.07) is 4.64. The molecule has 2 rings (SSSR count). The van der Waals surface area contributed by atoms with Crippen LogP contribution in [-0.4, -0.2) is 35.6 Å². The smallest absolute Gasteiger partial charge is 0.213 e. The van der Waals surface area contributed by atoms with E-state index < -0.39 is 0 Å². The van der Waals surface area contributed by atoms with Crippen LogP contribution in [0.1, 0.15) is 40.0 Å². The van der Waals surface area contributed by atoms with Crippen molar-refractivity contribution in [3.8, 4) is 11.6 Å². The maximum Gasteiger partial charge on any atom is 0.213 e. The molecule has 1 fully saturated rings. The van der Waals surface area contributed by atoms with Crippen LogP contribution in [0.4, 0.5) is 0 Å². The van der Waals surface area contributed by atoms with Crippen molar-refractivity contribution < 1.29 is 14.3 Å². The Balaban J connectivity index is 1.72. The van der Waals surface area contributed by atoms with E-state index in [-0.39, 0.29) is 18.5 Å². The summed E-state index contributed by atoms with van der Waals surface area (Å²) >= 11 is 0. The molecule has 1 aliphatic carbocycles. The molecule has 5 nitrogen and oxygen atoms in total. The molecule has 21 heavy (non-hydrogen) atoms. The molecule has 116 valence electrons. The Kier molecular flexibility index (Phi) is 5.56. The molecule has 0 atom stereocenters. The minimum absolute atomic E-state index is 0.0773. The predicted molar refractivity (Wildman–Crippen MR) is 80.7 cm³/mol. The Morgan fingerprint density at radius 2 is 2.19 bits per heavy atom. The minimum Gasteiger partial charge on any atom is -0.484 e. The molecular weight excluding hydrogens is 268 g/mol. The number of nitrogens with one attached hydrogen (secondary N) is 1. The number of aromatic nitrogens is 1. The number of hydrogen-bond acceptors (Lipinski definition) is 5. The SMILES string of the molecule is CCC(=O)COc1ccc(O[C@H]2C[C@H](NC(C)C)C2)nc1. The van der Waals surface area contributed by atoms with Crippen LogP contribution in [0.5, 0.6) is 11.6 Å². The zero-order valence-electron chi connectivity index (χ0n) is 13.0. The highest BCUT2D eigenvalue weighted by Gasteiger charge is 2.31. The van der Waals surface area contributed by atoms with Crippen molar-refractivity contribution in [1.29, 1.82) is 0 Å². The molecule has 0 radical (unpaired) electrons. The molecule has 0 bridgehead atoms. The molecule has 0 amide bonds. The van der Waals surface area contributed by atoms with Gasteiger partial charge in [0.05, 0.1) is 6.20 Å². The second-order valence-corrected chi connectivity index (χ2v) is 5.74. The van der Waals surface area contributed by atoms with E-state index in [0.29, 0.717) is 30.1 Å². The average molecular weight is 292 g/mol. The van der Waals surface area contributed by atoms with Gasteiger partial charge in [-0.05, 0) is 18.9 Å². The maximum absolute atomic E-state index is 11.2. The fraction of sp³-hybridized carbons (Fsp3) is 0.625. The van der Waals surface area contributed by atoms with Crippen molar-refractivity contribution >= 4 is 5.78 Å². The highest BCUT2D eigenvalue weighted by molar-refractivity contribution is 5.79. The highest BCUT2D eigenvalue weighted by Crippen LogP contribution is 2.26. The van der Waals surface area contributed by atoms with Crippen LogP contribution in [0, 0.1) is 0 Å². The average Bonchev–Trinajstić information content (AvgIpc) is 2.43. The number of ether oxygens (including phenoxy) is 2. The molecule has 0 saturated heterocycles. The van der Waals surface area contributed by atoms with Crippen molar-refractivity contribution in [1.82, 2.24) is 10.3 Å². The molecule has 1 N–H and O–H groups in total. The lowest BCUT2D eigenvalue weighted by atomic mass is 9.89. The van der Waals surface area contributed by atoms with Gasteiger partial charge in [-0.15, -0.1) is 0 Å². The first-order valence-electron chi connectivity index (χ1n) is 7.60. The van der Waals surface area contributed by atoms with E-state index in [1.54, 1.807) is 18.3 Å². The van der Waals surface area contributed by atoms with Gasteiger partial charge in [0.15, 0.2) is 5.78 Å². The van der Waals surface area contributed by atoms with E-state index in [4.69, 9.17) is 9.47 Å². The van der Waals surface area contributed by atoms with Gasteiger partial charge < -0.3 is 14.8 Å². The second-order valence-electron chi connectivity index (χ2n) is 5.74. The number of carbonyl (C=O) groups excluding carboxylic acids is 1. The minimum atomic E-state index is 0.0773. The number of rotatable bonds is 8. The van der Waals surface area contributed by atoms with Crippen molar-refractivity contribution in [2.45, 2.75) is 58.2 Å². The molecule has 5 heteroatoms. The van der Waals surface area contributed by atoms with Crippen molar-refractivity contribution in [3.05, 3.63) is 18.3 Å². The van der Waals surface area contributed by atoms with Gasteiger partial charge in [0.2, 0.25) is 5.88 Å². The van der Waals surface area contributed by atoms with Gasteiger partial charge in [0.1, 0.15) is 18.5 Å². The fourth-order valence-electron chi connectivity index (χ4n) is 2.23. The topological polar surface area (TPSA) is 60.5 Å². The van der Waals surface area contributed by atoms with Gasteiger partial charge >= 0.3 is 0 Å². The third-order valence-corrected chi connectivity index (χ3v) is 3.45. The number of carbonyl (C=O) groups is 1. The molecule has 0 aliphatic heterocycles. The van der Waals surface area contributed by atoms with E-state index in [2.05, 4.69) is 24.1 Å². The Morgan fingerprint density at radius 3 is 2.76 bits per heavy atom. The van der Waals surface area contributed by atoms with Crippen LogP contribution in [0.25, 0.3) is 0 Å². The molecule has 1 aliphatic rings. The quantitative estimate of drug-likeness (QED) is 0.797. The number of ketones is 1. The van der Waals surface area contributed by atoms with Crippen molar-refractivity contribution in [3.63, 3.8) is 0 Å². The number of nitrogens with zero attached hydrogens (tertiary/aromatic N) is 1. The molecule has 0 aromatic carbocycles. The van der Waals surface area contributed by atoms with Crippen LogP contribution in [0.3, 0.4) is 0 Å². The predicted octanol–water partition coefficient (Wildman–Crippen LogP) is 2.35. The Morgan fingerprint density at radius 1 is 1.43 bits per heavy atom. The van der Waals surface area contributed by atoms with Crippen molar-refractivity contribution in [2.75, 3.05) is 6.61 Å². The van der Waals surface area contributed by atoms with Crippen molar-refractivity contribution in [2.24, 2.45) is 0 Å². The summed E-state index contributed by atoms with van der Waals surface area (Å²) in [5, 5.41) is 3.48. The third kappa shape index (κ3) is 5.01. The summed E-state index contributed by atoms with van der Waals surface area (Å²) in [7, 11) is 0. The van der Waals surface area contributed by atoms with Crippen LogP contribution in [0.15, 0.2) is 18.3 Å². The first kappa shape index (κ1) is 15.8. The van der Waals surface area contributed by atoms with Crippen LogP contribution >= 0.6 is 0 Å². The lowest BCUT2D eigenvalue weighted by Gasteiger charge is -2.36. The molecular formula is C16H24N2O3. The van der Waals surface area contributed by atoms with E-state index in [1.165, 1.54) is 0 Å². The summed E-state index contributed by atoms with van der Waals surface area (Å²) < 4.78 is 11.1. The van der Waals surface area contributed by atoms with E-state index in [9.17, 15) is 4.79 Å². The Hall–Kier alpha value is -1.62. The summed E-state index contributed by atoms with van der Waals surface area (Å²) in [6.45, 7) is 6.22. The van der Waals surface area contributed by atoms with Gasteiger partial charge in [-0.25, -0.2) is 4.98 Å². The lowest BCUT2D eigenvalue weighted by Crippen LogP contribution is -2.49. The van der Waals surface area contributed by atoms with E-state index in [1.807, 2.05) is 6.92 Å². The first-order valence-corrected chi connectivity index (χ1v) is 7.60. The molecule has 1 aromatic heterocycles. The number of hydrogen-bond donors (Lipinski definition) is 1. The molecule has 1 heterocycles. The van der Waals surface area contributed by atoms with Crippen LogP contribution in [-0.2, 0) is 4.79 Å². The highest BCUT2D eigenvalue weighted by atomic mass is 16.5. The summed E-state index contributed by atoms with van der Waals surface area (Å²) in [4.78, 5) is 15.4. The fourth-order valence-corrected chi connectivity index (χ4v) is 2.23. The van der Waals surface area contributed by atoms with Gasteiger partial charge in [-0.1, -0.05) is 20.8 Å². The molecule has 1 saturated carbocycles. The number of Topliss-reactive ketones (excluding diaryl/α,β-unsaturated/α-hetero) is 1. The zero-order valence-corrected chi connectivity index (χ0v) is 13.0. The summed E-state index contributed by atoms with van der Waals surface area (Å²) in [5.74, 6) is 1.28. The van der Waals surface area contributed by atoms with E-state index >= 15 is 0 Å². The Bertz CT molecular complexity index is 453. The van der Waals surface area contributed by atoms with Crippen LogP contribution in [0.2, 0.25) is 0 Å². The van der Waals surface area contributed by atoms with Gasteiger partial charge in [-0.2, -0.15) is 0 Å². The van der Waals surface area contributed by atoms with Gasteiger partial charge in [0, 0.05) is 24.6 Å². The summed E-state index contributed by atoms with van der Waals surface area (Å²) in [5.41, 5.74) is 0. The van der Waals surface area contributed by atoms with Gasteiger partial charge in [-0.3, -0.25) is 4.79 Å². The zero-order chi connectivity index (χ0) is 15.2. The largest absolute Gasteiger partial charge is 0.484 e. The second kappa shape index (κ2) is 7.41. The maximum atomic E-state index is 11.2. The normalized spacial score (nSPS) is 21.0. The van der Waals surface area contributed by atoms with E-state index in [0.717, 1.165) is 12.8 Å². The molecule has 1 aromatic rings. The van der Waals surface area contributed by atoms with Crippen LogP contribution < -0.4 is 14.8 Å². The third-order valence-electron chi connectivity index (χ3n) is 3.45. The summed E-state index contributed by atoms with van der Waals surface area (Å²) in [6.07, 6.45) is 4.36. The standard InChI is InChI=1S/C16H24N2O3/c1-4-13(19)10-20-14-5-6-16(17-9-14)21-15-7-12(8-15)18-11(2)3/h5-6,9,11-12,15,18H,4,7-8,10H2,1-3H3/t12-,15-. The van der Waals surface area contributed by atoms with Gasteiger partial charge in [0.25, 0.3) is 0 Å². The Labute approximate surface area is 126 Å². The monoisotopic (exact) mass is 292 g/mol. The first-order chi connectivity index (χ1) is 10.1. The number of pyridine rings is 1. The lowest BCUT2D eigenvalue weighted by molar-refractivity contribution is -0.120.